The van der Waals surface area contributed by atoms with Gasteiger partial charge in [0, 0.05) is 18.0 Å². The van der Waals surface area contributed by atoms with Gasteiger partial charge in [-0.15, -0.1) is 10.2 Å². The summed E-state index contributed by atoms with van der Waals surface area (Å²) in [6.45, 7) is 1.87. The maximum atomic E-state index is 13.7. The zero-order valence-electron chi connectivity index (χ0n) is 16.5. The summed E-state index contributed by atoms with van der Waals surface area (Å²) < 4.78 is 47.1. The Bertz CT molecular complexity index is 1260. The Labute approximate surface area is 179 Å². The average Bonchev–Trinajstić information content (AvgIpc) is 3.22. The van der Waals surface area contributed by atoms with Gasteiger partial charge in [0.15, 0.2) is 23.3 Å². The van der Waals surface area contributed by atoms with E-state index in [1.165, 1.54) is 12.1 Å². The van der Waals surface area contributed by atoms with Crippen LogP contribution in [0.3, 0.4) is 0 Å². The number of halogens is 3. The number of carbonyl (C=O) groups is 1. The summed E-state index contributed by atoms with van der Waals surface area (Å²) in [5.41, 5.74) is 0.714. The van der Waals surface area contributed by atoms with Crippen molar-refractivity contribution in [2.75, 3.05) is 10.6 Å². The molecule has 0 saturated carbocycles. The zero-order chi connectivity index (χ0) is 22.7. The molecule has 0 radical (unpaired) electrons. The van der Waals surface area contributed by atoms with Crippen LogP contribution in [0.2, 0.25) is 0 Å². The van der Waals surface area contributed by atoms with E-state index >= 15 is 0 Å². The molecular formula is C21H15F3N6O2. The largest absolute Gasteiger partial charge is 0.438 e. The lowest BCUT2D eigenvalue weighted by Gasteiger charge is -2.10. The van der Waals surface area contributed by atoms with Crippen molar-refractivity contribution < 1.29 is 22.7 Å². The number of hydrogen-bond donors (Lipinski definition) is 2. The molecule has 162 valence electrons. The number of aromatic nitrogens is 4. The van der Waals surface area contributed by atoms with Crippen LogP contribution in [0.25, 0.3) is 5.82 Å². The second-order valence-electron chi connectivity index (χ2n) is 6.56. The maximum absolute atomic E-state index is 13.7. The van der Waals surface area contributed by atoms with Gasteiger partial charge >= 0.3 is 6.03 Å². The number of nitrogens with one attached hydrogen (secondary N) is 2. The van der Waals surface area contributed by atoms with Gasteiger partial charge in [-0.3, -0.25) is 0 Å². The van der Waals surface area contributed by atoms with Crippen LogP contribution in [0.1, 0.15) is 5.69 Å². The number of carbonyl (C=O) groups excluding carboxylic acids is 1. The topological polar surface area (TPSA) is 94.0 Å². The molecule has 4 rings (SSSR count). The van der Waals surface area contributed by atoms with Crippen LogP contribution in [0, 0.1) is 24.4 Å². The summed E-state index contributed by atoms with van der Waals surface area (Å²) in [7, 11) is 0. The van der Waals surface area contributed by atoms with Crippen LogP contribution < -0.4 is 15.4 Å². The molecule has 2 aromatic heterocycles. The van der Waals surface area contributed by atoms with E-state index in [2.05, 4.69) is 25.9 Å². The molecule has 2 amide bonds. The molecule has 0 atom stereocenters. The molecule has 0 aliphatic heterocycles. The first-order chi connectivity index (χ1) is 15.4. The lowest BCUT2D eigenvalue weighted by Crippen LogP contribution is -2.20. The minimum atomic E-state index is -1.67. The van der Waals surface area contributed by atoms with Crippen molar-refractivity contribution in [2.45, 2.75) is 6.92 Å². The van der Waals surface area contributed by atoms with Gasteiger partial charge in [-0.1, -0.05) is 0 Å². The van der Waals surface area contributed by atoms with Crippen LogP contribution in [-0.4, -0.2) is 26.0 Å². The number of amides is 2. The fourth-order valence-corrected chi connectivity index (χ4v) is 2.67. The monoisotopic (exact) mass is 440 g/mol. The van der Waals surface area contributed by atoms with Gasteiger partial charge in [0.05, 0.1) is 11.4 Å². The van der Waals surface area contributed by atoms with Crippen LogP contribution in [0.5, 0.6) is 11.6 Å². The minimum absolute atomic E-state index is 0.255. The number of aryl methyl sites for hydroxylation is 1. The number of ether oxygens (including phenoxy) is 1. The molecule has 0 saturated heterocycles. The normalized spacial score (nSPS) is 10.6. The van der Waals surface area contributed by atoms with E-state index in [1.807, 2.05) is 13.0 Å². The van der Waals surface area contributed by atoms with Gasteiger partial charge in [-0.05, 0) is 55.5 Å². The smallest absolute Gasteiger partial charge is 0.323 e. The van der Waals surface area contributed by atoms with Crippen LogP contribution in [0.15, 0.2) is 60.8 Å². The van der Waals surface area contributed by atoms with Crippen LogP contribution in [0.4, 0.5) is 29.3 Å². The van der Waals surface area contributed by atoms with Gasteiger partial charge in [-0.2, -0.15) is 5.10 Å². The highest BCUT2D eigenvalue weighted by Gasteiger charge is 2.15. The van der Waals surface area contributed by atoms with Crippen molar-refractivity contribution in [3.8, 4) is 17.4 Å². The van der Waals surface area contributed by atoms with Crippen LogP contribution >= 0.6 is 0 Å². The lowest BCUT2D eigenvalue weighted by atomic mass is 10.3. The molecule has 4 aromatic rings. The van der Waals surface area contributed by atoms with E-state index in [4.69, 9.17) is 4.74 Å². The molecule has 0 spiro atoms. The highest BCUT2D eigenvalue weighted by atomic mass is 19.2. The van der Waals surface area contributed by atoms with Gasteiger partial charge in [0.2, 0.25) is 5.88 Å². The standard InChI is InChI=1S/C21H15F3N6O2/c1-12-10-11-30(29-12)17-8-9-18(28-27-17)32-14-4-2-13(3-5-14)25-21(31)26-16-7-6-15(22)19(23)20(16)24/h2-11H,1H3,(H2,25,26,31). The molecule has 0 aliphatic carbocycles. The van der Waals surface area contributed by atoms with E-state index in [9.17, 15) is 18.0 Å². The first-order valence-corrected chi connectivity index (χ1v) is 9.25. The summed E-state index contributed by atoms with van der Waals surface area (Å²) in [6, 6.07) is 12.2. The van der Waals surface area contributed by atoms with E-state index < -0.39 is 29.2 Å². The first-order valence-electron chi connectivity index (χ1n) is 9.25. The van der Waals surface area contributed by atoms with E-state index in [1.54, 1.807) is 35.1 Å². The molecule has 0 aliphatic rings. The molecule has 32 heavy (non-hydrogen) atoms. The number of nitrogens with zero attached hydrogens (tertiary/aromatic N) is 4. The minimum Gasteiger partial charge on any atom is -0.438 e. The summed E-state index contributed by atoms with van der Waals surface area (Å²) in [4.78, 5) is 12.0. The van der Waals surface area contributed by atoms with Gasteiger partial charge in [0.1, 0.15) is 5.75 Å². The Morgan fingerprint density at radius 3 is 2.34 bits per heavy atom. The maximum Gasteiger partial charge on any atom is 0.323 e. The number of anilines is 2. The number of hydrogen-bond acceptors (Lipinski definition) is 5. The molecule has 0 unspecified atom stereocenters. The Kier molecular flexibility index (Phi) is 5.71. The van der Waals surface area contributed by atoms with Crippen molar-refractivity contribution in [2.24, 2.45) is 0 Å². The predicted octanol–water partition coefficient (Wildman–Crippen LogP) is 4.82. The summed E-state index contributed by atoms with van der Waals surface area (Å²) in [6.07, 6.45) is 1.77. The SMILES string of the molecule is Cc1ccn(-c2ccc(Oc3ccc(NC(=O)Nc4ccc(F)c(F)c4F)cc3)nn2)n1. The molecule has 2 heterocycles. The second kappa shape index (κ2) is 8.76. The quantitative estimate of drug-likeness (QED) is 0.434. The second-order valence-corrected chi connectivity index (χ2v) is 6.56. The van der Waals surface area contributed by atoms with Gasteiger partial charge < -0.3 is 15.4 Å². The van der Waals surface area contributed by atoms with E-state index in [0.717, 1.165) is 11.8 Å². The molecule has 2 N–H and O–H groups in total. The molecule has 11 heteroatoms. The third-order valence-corrected chi connectivity index (χ3v) is 4.20. The van der Waals surface area contributed by atoms with Gasteiger partial charge in [-0.25, -0.2) is 22.6 Å². The number of rotatable bonds is 5. The first kappa shape index (κ1) is 20.8. The van der Waals surface area contributed by atoms with Crippen molar-refractivity contribution in [3.63, 3.8) is 0 Å². The molecular weight excluding hydrogens is 425 g/mol. The zero-order valence-corrected chi connectivity index (χ0v) is 16.5. The number of benzene rings is 2. The van der Waals surface area contributed by atoms with E-state index in [0.29, 0.717) is 23.3 Å². The molecule has 2 aromatic carbocycles. The summed E-state index contributed by atoms with van der Waals surface area (Å²) in [5.74, 6) is -3.28. The molecule has 0 bridgehead atoms. The van der Waals surface area contributed by atoms with Crippen molar-refractivity contribution in [1.29, 1.82) is 0 Å². The molecule has 0 fully saturated rings. The lowest BCUT2D eigenvalue weighted by molar-refractivity contribution is 0.262. The fraction of sp³-hybridized carbons (Fsp3) is 0.0476. The third-order valence-electron chi connectivity index (χ3n) is 4.20. The summed E-state index contributed by atoms with van der Waals surface area (Å²) >= 11 is 0. The Hall–Kier alpha value is -4.41. The fourth-order valence-electron chi connectivity index (χ4n) is 2.67. The van der Waals surface area contributed by atoms with Gasteiger partial charge in [0.25, 0.3) is 0 Å². The Morgan fingerprint density at radius 1 is 0.906 bits per heavy atom. The Balaban J connectivity index is 1.36. The predicted molar refractivity (Wildman–Crippen MR) is 109 cm³/mol. The Morgan fingerprint density at radius 2 is 1.69 bits per heavy atom. The third kappa shape index (κ3) is 4.67. The number of urea groups is 1. The van der Waals surface area contributed by atoms with Crippen molar-refractivity contribution in [3.05, 3.63) is 83.9 Å². The molecule has 8 nitrogen and oxygen atoms in total. The highest BCUT2D eigenvalue weighted by molar-refractivity contribution is 5.99. The highest BCUT2D eigenvalue weighted by Crippen LogP contribution is 2.23. The van der Waals surface area contributed by atoms with Crippen molar-refractivity contribution in [1.82, 2.24) is 20.0 Å². The van der Waals surface area contributed by atoms with Crippen molar-refractivity contribution >= 4 is 17.4 Å². The average molecular weight is 440 g/mol. The summed E-state index contributed by atoms with van der Waals surface area (Å²) in [5, 5.41) is 16.8. The van der Waals surface area contributed by atoms with Crippen LogP contribution in [-0.2, 0) is 0 Å². The van der Waals surface area contributed by atoms with E-state index in [-0.39, 0.29) is 5.88 Å².